The summed E-state index contributed by atoms with van der Waals surface area (Å²) < 4.78 is 15.2. The quantitative estimate of drug-likeness (QED) is 0.725. The van der Waals surface area contributed by atoms with Crippen molar-refractivity contribution in [2.45, 2.75) is 6.92 Å². The molecular formula is C14H10Cl2FN3. The predicted octanol–water partition coefficient (Wildman–Crippen LogP) is 4.36. The molecule has 0 radical (unpaired) electrons. The summed E-state index contributed by atoms with van der Waals surface area (Å²) in [6.07, 6.45) is 0. The number of nitrogens with two attached hydrogens (primary N) is 1. The Labute approximate surface area is 124 Å². The lowest BCUT2D eigenvalue weighted by molar-refractivity contribution is 0.620. The Morgan fingerprint density at radius 1 is 1.20 bits per heavy atom. The zero-order chi connectivity index (χ0) is 14.4. The molecule has 3 nitrogen and oxygen atoms in total. The fourth-order valence-electron chi connectivity index (χ4n) is 2.16. The first-order valence-electron chi connectivity index (χ1n) is 5.87. The van der Waals surface area contributed by atoms with Crippen molar-refractivity contribution in [2.75, 3.05) is 5.73 Å². The van der Waals surface area contributed by atoms with Gasteiger partial charge in [0.2, 0.25) is 5.95 Å². The Balaban J connectivity index is 2.42. The van der Waals surface area contributed by atoms with Crippen LogP contribution in [0.3, 0.4) is 0 Å². The molecule has 0 unspecified atom stereocenters. The lowest BCUT2D eigenvalue weighted by atomic mass is 10.2. The Morgan fingerprint density at radius 2 is 1.85 bits per heavy atom. The van der Waals surface area contributed by atoms with Gasteiger partial charge in [-0.25, -0.2) is 9.37 Å². The van der Waals surface area contributed by atoms with Crippen LogP contribution >= 0.6 is 23.2 Å². The minimum absolute atomic E-state index is 0.208. The summed E-state index contributed by atoms with van der Waals surface area (Å²) in [4.78, 5) is 4.16. The normalized spacial score (nSPS) is 11.2. The van der Waals surface area contributed by atoms with Crippen molar-refractivity contribution in [3.8, 4) is 5.69 Å². The summed E-state index contributed by atoms with van der Waals surface area (Å²) in [5.41, 5.74) is 8.10. The molecule has 0 amide bonds. The molecule has 102 valence electrons. The molecular weight excluding hydrogens is 300 g/mol. The number of anilines is 1. The van der Waals surface area contributed by atoms with Gasteiger partial charge in [-0.1, -0.05) is 29.3 Å². The molecule has 6 heteroatoms. The van der Waals surface area contributed by atoms with E-state index in [4.69, 9.17) is 28.9 Å². The summed E-state index contributed by atoms with van der Waals surface area (Å²) in [6, 6.07) is 8.19. The van der Waals surface area contributed by atoms with Gasteiger partial charge in [0.05, 0.1) is 26.8 Å². The van der Waals surface area contributed by atoms with Crippen LogP contribution in [-0.4, -0.2) is 9.55 Å². The number of hydrogen-bond acceptors (Lipinski definition) is 2. The molecule has 1 aromatic heterocycles. The fourth-order valence-corrected chi connectivity index (χ4v) is 2.73. The Morgan fingerprint density at radius 3 is 2.50 bits per heavy atom. The van der Waals surface area contributed by atoms with Crippen molar-refractivity contribution in [3.05, 3.63) is 51.8 Å². The molecule has 0 bridgehead atoms. The summed E-state index contributed by atoms with van der Waals surface area (Å²) in [5, 5.41) is 0.899. The van der Waals surface area contributed by atoms with Crippen LogP contribution in [0.25, 0.3) is 16.7 Å². The van der Waals surface area contributed by atoms with E-state index in [9.17, 15) is 4.39 Å². The number of fused-ring (bicyclic) bond motifs is 1. The minimum Gasteiger partial charge on any atom is -0.369 e. The van der Waals surface area contributed by atoms with Crippen LogP contribution < -0.4 is 5.73 Å². The first-order chi connectivity index (χ1) is 9.49. The molecule has 0 aliphatic carbocycles. The number of hydrogen-bond donors (Lipinski definition) is 1. The lowest BCUT2D eigenvalue weighted by Gasteiger charge is -2.11. The molecule has 2 N–H and O–H groups in total. The second-order valence-corrected chi connectivity index (χ2v) is 5.28. The van der Waals surface area contributed by atoms with E-state index in [2.05, 4.69) is 4.98 Å². The van der Waals surface area contributed by atoms with Crippen molar-refractivity contribution >= 4 is 40.2 Å². The van der Waals surface area contributed by atoms with Gasteiger partial charge in [0.25, 0.3) is 0 Å². The van der Waals surface area contributed by atoms with Gasteiger partial charge in [-0.2, -0.15) is 0 Å². The van der Waals surface area contributed by atoms with Crippen molar-refractivity contribution in [1.82, 2.24) is 9.55 Å². The molecule has 2 aromatic carbocycles. The summed E-state index contributed by atoms with van der Waals surface area (Å²) in [6.45, 7) is 1.68. The molecule has 0 saturated heterocycles. The van der Waals surface area contributed by atoms with Crippen LogP contribution in [0.15, 0.2) is 30.3 Å². The topological polar surface area (TPSA) is 43.8 Å². The summed E-state index contributed by atoms with van der Waals surface area (Å²) >= 11 is 12.4. The highest BCUT2D eigenvalue weighted by Gasteiger charge is 2.16. The molecule has 20 heavy (non-hydrogen) atoms. The van der Waals surface area contributed by atoms with Gasteiger partial charge in [0.1, 0.15) is 5.82 Å². The number of imidazole rings is 1. The molecule has 0 aliphatic heterocycles. The zero-order valence-electron chi connectivity index (χ0n) is 10.5. The van der Waals surface area contributed by atoms with Crippen LogP contribution in [0.5, 0.6) is 0 Å². The van der Waals surface area contributed by atoms with Crippen molar-refractivity contribution in [3.63, 3.8) is 0 Å². The maximum absolute atomic E-state index is 13.6. The SMILES string of the molecule is Cc1cc2c(cc1F)nc(N)n2-c1c(Cl)cccc1Cl. The molecule has 0 saturated carbocycles. The highest BCUT2D eigenvalue weighted by atomic mass is 35.5. The molecule has 0 atom stereocenters. The van der Waals surface area contributed by atoms with Crippen LogP contribution in [0.2, 0.25) is 10.0 Å². The average molecular weight is 310 g/mol. The minimum atomic E-state index is -0.326. The first-order valence-corrected chi connectivity index (χ1v) is 6.63. The first kappa shape index (κ1) is 13.2. The van der Waals surface area contributed by atoms with E-state index in [-0.39, 0.29) is 11.8 Å². The predicted molar refractivity (Wildman–Crippen MR) is 80.2 cm³/mol. The fraction of sp³-hybridized carbons (Fsp3) is 0.0714. The monoisotopic (exact) mass is 309 g/mol. The molecule has 0 aliphatic rings. The van der Waals surface area contributed by atoms with Gasteiger partial charge in [-0.05, 0) is 30.7 Å². The number of aryl methyl sites for hydroxylation is 1. The van der Waals surface area contributed by atoms with Crippen molar-refractivity contribution < 1.29 is 4.39 Å². The maximum atomic E-state index is 13.6. The average Bonchev–Trinajstić information content (AvgIpc) is 2.67. The van der Waals surface area contributed by atoms with Crippen molar-refractivity contribution in [2.24, 2.45) is 0 Å². The highest BCUT2D eigenvalue weighted by molar-refractivity contribution is 6.38. The third-order valence-electron chi connectivity index (χ3n) is 3.12. The lowest BCUT2D eigenvalue weighted by Crippen LogP contribution is -2.02. The third-order valence-corrected chi connectivity index (χ3v) is 3.73. The van der Waals surface area contributed by atoms with E-state index < -0.39 is 0 Å². The second kappa shape index (κ2) is 4.65. The van der Waals surface area contributed by atoms with Crippen molar-refractivity contribution in [1.29, 1.82) is 0 Å². The molecule has 1 heterocycles. The molecule has 3 rings (SSSR count). The zero-order valence-corrected chi connectivity index (χ0v) is 12.0. The third kappa shape index (κ3) is 1.92. The number of nitrogen functional groups attached to an aromatic ring is 1. The van der Waals surface area contributed by atoms with Gasteiger partial charge >= 0.3 is 0 Å². The Hall–Kier alpha value is -1.78. The van der Waals surface area contributed by atoms with Crippen LogP contribution in [0, 0.1) is 12.7 Å². The number of halogens is 3. The van der Waals surface area contributed by atoms with E-state index in [1.165, 1.54) is 6.07 Å². The molecule has 0 spiro atoms. The number of benzene rings is 2. The van der Waals surface area contributed by atoms with E-state index >= 15 is 0 Å². The Kier molecular flexibility index (Phi) is 3.07. The largest absolute Gasteiger partial charge is 0.369 e. The summed E-state index contributed by atoms with van der Waals surface area (Å²) in [7, 11) is 0. The van der Waals surface area contributed by atoms with Gasteiger partial charge in [0, 0.05) is 6.07 Å². The number of para-hydroxylation sites is 1. The highest BCUT2D eigenvalue weighted by Crippen LogP contribution is 2.33. The van der Waals surface area contributed by atoms with E-state index in [1.807, 2.05) is 0 Å². The maximum Gasteiger partial charge on any atom is 0.206 e. The molecule has 0 fully saturated rings. The van der Waals surface area contributed by atoms with E-state index in [0.29, 0.717) is 32.3 Å². The standard InChI is InChI=1S/C14H10Cl2FN3/c1-7-5-12-11(6-10(7)17)19-14(18)20(12)13-8(15)3-2-4-9(13)16/h2-6H,1H3,(H2,18,19). The Bertz CT molecular complexity index is 807. The van der Waals surface area contributed by atoms with E-state index in [0.717, 1.165) is 0 Å². The smallest absolute Gasteiger partial charge is 0.206 e. The second-order valence-electron chi connectivity index (χ2n) is 4.47. The van der Waals surface area contributed by atoms with Crippen LogP contribution in [-0.2, 0) is 0 Å². The van der Waals surface area contributed by atoms with Crippen LogP contribution in [0.1, 0.15) is 5.56 Å². The van der Waals surface area contributed by atoms with Gasteiger partial charge in [-0.3, -0.25) is 4.57 Å². The number of aromatic nitrogens is 2. The number of nitrogens with zero attached hydrogens (tertiary/aromatic N) is 2. The van der Waals surface area contributed by atoms with Gasteiger partial charge in [-0.15, -0.1) is 0 Å². The van der Waals surface area contributed by atoms with E-state index in [1.54, 1.807) is 35.8 Å². The van der Waals surface area contributed by atoms with Crippen LogP contribution in [0.4, 0.5) is 10.3 Å². The number of rotatable bonds is 1. The van der Waals surface area contributed by atoms with Gasteiger partial charge in [0.15, 0.2) is 0 Å². The summed E-state index contributed by atoms with van der Waals surface area (Å²) in [5.74, 6) is -0.118. The molecule has 3 aromatic rings. The van der Waals surface area contributed by atoms with Gasteiger partial charge < -0.3 is 5.73 Å².